The van der Waals surface area contributed by atoms with Crippen LogP contribution in [0.15, 0.2) is 24.5 Å². The number of hydrogen-bond donors (Lipinski definition) is 0. The lowest BCUT2D eigenvalue weighted by atomic mass is 9.92. The van der Waals surface area contributed by atoms with Crippen molar-refractivity contribution in [2.24, 2.45) is 0 Å². The molecule has 1 aliphatic rings. The van der Waals surface area contributed by atoms with Gasteiger partial charge < -0.3 is 28.6 Å². The molecule has 1 unspecified atom stereocenters. The number of morpholine rings is 1. The smallest absolute Gasteiger partial charge is 0.260 e. The van der Waals surface area contributed by atoms with Gasteiger partial charge in [-0.15, -0.1) is 0 Å². The van der Waals surface area contributed by atoms with Crippen molar-refractivity contribution in [3.8, 4) is 17.2 Å². The Morgan fingerprint density at radius 3 is 2.42 bits per heavy atom. The first kappa shape index (κ1) is 23.1. The standard InChI is InChI=1S/C21H22Cl2N2O6/c1-28-17-4-3-13(14(11-26)19-15(22)9-24-10-16(19)23)20(21(17)29-2)31-12-18(27)25-5-7-30-8-6-25/h3-4,9-11,14H,5-8,12H2,1-2H3. The summed E-state index contributed by atoms with van der Waals surface area (Å²) >= 11 is 12.6. The Kier molecular flexibility index (Phi) is 7.95. The molecular formula is C21H22Cl2N2O6. The molecule has 0 aliphatic carbocycles. The molecule has 0 bridgehead atoms. The van der Waals surface area contributed by atoms with Crippen LogP contribution < -0.4 is 14.2 Å². The van der Waals surface area contributed by atoms with Crippen molar-refractivity contribution in [1.29, 1.82) is 0 Å². The maximum atomic E-state index is 12.6. The van der Waals surface area contributed by atoms with E-state index in [1.165, 1.54) is 26.6 Å². The van der Waals surface area contributed by atoms with Gasteiger partial charge in [-0.05, 0) is 6.07 Å². The van der Waals surface area contributed by atoms with Crippen molar-refractivity contribution >= 4 is 35.4 Å². The van der Waals surface area contributed by atoms with Gasteiger partial charge in [-0.1, -0.05) is 29.3 Å². The summed E-state index contributed by atoms with van der Waals surface area (Å²) in [5.41, 5.74) is 0.808. The number of amides is 1. The number of hydrogen-bond acceptors (Lipinski definition) is 7. The van der Waals surface area contributed by atoms with Crippen LogP contribution in [0.5, 0.6) is 17.2 Å². The minimum atomic E-state index is -0.878. The number of methoxy groups -OCH3 is 2. The molecule has 1 aromatic carbocycles. The average Bonchev–Trinajstić information content (AvgIpc) is 2.80. The second-order valence-corrected chi connectivity index (χ2v) is 7.45. The monoisotopic (exact) mass is 468 g/mol. The van der Waals surface area contributed by atoms with Crippen LogP contribution in [0.3, 0.4) is 0 Å². The molecule has 1 amide bonds. The van der Waals surface area contributed by atoms with Gasteiger partial charge in [-0.25, -0.2) is 0 Å². The van der Waals surface area contributed by atoms with Crippen molar-refractivity contribution in [1.82, 2.24) is 9.88 Å². The lowest BCUT2D eigenvalue weighted by molar-refractivity contribution is -0.137. The molecule has 1 atom stereocenters. The molecule has 1 saturated heterocycles. The Bertz CT molecular complexity index is 929. The minimum absolute atomic E-state index is 0.199. The third-order valence-corrected chi connectivity index (χ3v) is 5.51. The average molecular weight is 469 g/mol. The predicted octanol–water partition coefficient (Wildman–Crippen LogP) is 2.97. The Morgan fingerprint density at radius 1 is 1.16 bits per heavy atom. The summed E-state index contributed by atoms with van der Waals surface area (Å²) in [5, 5.41) is 0.462. The van der Waals surface area contributed by atoms with E-state index in [0.29, 0.717) is 49.5 Å². The fourth-order valence-corrected chi connectivity index (χ4v) is 3.96. The molecule has 2 aromatic rings. The molecule has 1 aromatic heterocycles. The molecule has 1 fully saturated rings. The van der Waals surface area contributed by atoms with Crippen LogP contribution in [0, 0.1) is 0 Å². The first-order chi connectivity index (χ1) is 15.0. The summed E-state index contributed by atoms with van der Waals surface area (Å²) < 4.78 is 22.0. The van der Waals surface area contributed by atoms with E-state index < -0.39 is 5.92 Å². The zero-order valence-electron chi connectivity index (χ0n) is 17.1. The molecule has 0 radical (unpaired) electrons. The number of aldehydes is 1. The van der Waals surface area contributed by atoms with Crippen LogP contribution in [-0.4, -0.2) is 69.2 Å². The lowest BCUT2D eigenvalue weighted by Crippen LogP contribution is -2.43. The SMILES string of the molecule is COc1ccc(C(C=O)c2c(Cl)cncc2Cl)c(OCC(=O)N2CCOCC2)c1OC. The van der Waals surface area contributed by atoms with E-state index in [0.717, 1.165) is 0 Å². The zero-order valence-corrected chi connectivity index (χ0v) is 18.6. The number of rotatable bonds is 8. The fraction of sp³-hybridized carbons (Fsp3) is 0.381. The molecule has 3 rings (SSSR count). The van der Waals surface area contributed by atoms with Gasteiger partial charge in [0.05, 0.1) is 43.4 Å². The van der Waals surface area contributed by atoms with Crippen molar-refractivity contribution in [3.63, 3.8) is 0 Å². The Morgan fingerprint density at radius 2 is 1.84 bits per heavy atom. The Hall–Kier alpha value is -2.55. The summed E-state index contributed by atoms with van der Waals surface area (Å²) in [4.78, 5) is 30.3. The highest BCUT2D eigenvalue weighted by atomic mass is 35.5. The van der Waals surface area contributed by atoms with E-state index in [2.05, 4.69) is 4.98 Å². The normalized spacial score (nSPS) is 14.6. The van der Waals surface area contributed by atoms with Crippen LogP contribution in [0.25, 0.3) is 0 Å². The highest BCUT2D eigenvalue weighted by Crippen LogP contribution is 2.45. The van der Waals surface area contributed by atoms with Gasteiger partial charge in [0.25, 0.3) is 5.91 Å². The second-order valence-electron chi connectivity index (χ2n) is 6.63. The quantitative estimate of drug-likeness (QED) is 0.550. The summed E-state index contributed by atoms with van der Waals surface area (Å²) in [6.45, 7) is 1.68. The van der Waals surface area contributed by atoms with Crippen molar-refractivity contribution in [3.05, 3.63) is 45.7 Å². The predicted molar refractivity (Wildman–Crippen MR) is 115 cm³/mol. The topological polar surface area (TPSA) is 87.2 Å². The number of carbonyl (C=O) groups is 2. The van der Waals surface area contributed by atoms with Gasteiger partial charge >= 0.3 is 0 Å². The molecule has 0 N–H and O–H groups in total. The lowest BCUT2D eigenvalue weighted by Gasteiger charge is -2.27. The number of carbonyl (C=O) groups excluding carboxylic acids is 2. The van der Waals surface area contributed by atoms with E-state index in [-0.39, 0.29) is 34.1 Å². The van der Waals surface area contributed by atoms with E-state index in [4.69, 9.17) is 42.1 Å². The first-order valence-corrected chi connectivity index (χ1v) is 10.2. The van der Waals surface area contributed by atoms with E-state index in [9.17, 15) is 9.59 Å². The molecule has 0 spiro atoms. The van der Waals surface area contributed by atoms with Gasteiger partial charge in [-0.3, -0.25) is 9.78 Å². The second kappa shape index (κ2) is 10.7. The summed E-state index contributed by atoms with van der Waals surface area (Å²) in [6.07, 6.45) is 3.51. The van der Waals surface area contributed by atoms with Gasteiger partial charge in [0.1, 0.15) is 6.29 Å². The largest absolute Gasteiger partial charge is 0.493 e. The van der Waals surface area contributed by atoms with E-state index >= 15 is 0 Å². The summed E-state index contributed by atoms with van der Waals surface area (Å²) in [7, 11) is 2.93. The van der Waals surface area contributed by atoms with Crippen molar-refractivity contribution in [2.45, 2.75) is 5.92 Å². The van der Waals surface area contributed by atoms with E-state index in [1.54, 1.807) is 17.0 Å². The van der Waals surface area contributed by atoms with Crippen LogP contribution in [0.4, 0.5) is 0 Å². The third kappa shape index (κ3) is 5.03. The fourth-order valence-electron chi connectivity index (χ4n) is 3.36. The molecule has 10 heteroatoms. The molecule has 166 valence electrons. The van der Waals surface area contributed by atoms with Gasteiger partial charge in [0.15, 0.2) is 18.1 Å². The van der Waals surface area contributed by atoms with Crippen molar-refractivity contribution < 1.29 is 28.5 Å². The molecule has 0 saturated carbocycles. The summed E-state index contributed by atoms with van der Waals surface area (Å²) in [5.74, 6) is -0.248. The third-order valence-electron chi connectivity index (χ3n) is 4.91. The number of benzene rings is 1. The molecular weight excluding hydrogens is 447 g/mol. The van der Waals surface area contributed by atoms with Crippen molar-refractivity contribution in [2.75, 3.05) is 47.1 Å². The minimum Gasteiger partial charge on any atom is -0.493 e. The maximum Gasteiger partial charge on any atom is 0.260 e. The van der Waals surface area contributed by atoms with E-state index in [1.807, 2.05) is 0 Å². The van der Waals surface area contributed by atoms with Gasteiger partial charge in [0.2, 0.25) is 5.75 Å². The Balaban J connectivity index is 2.01. The van der Waals surface area contributed by atoms with Crippen LogP contribution in [-0.2, 0) is 14.3 Å². The number of ether oxygens (including phenoxy) is 4. The zero-order chi connectivity index (χ0) is 22.4. The summed E-state index contributed by atoms with van der Waals surface area (Å²) in [6, 6.07) is 3.30. The molecule has 8 nitrogen and oxygen atoms in total. The highest BCUT2D eigenvalue weighted by Gasteiger charge is 2.28. The molecule has 2 heterocycles. The molecule has 1 aliphatic heterocycles. The van der Waals surface area contributed by atoms with Gasteiger partial charge in [-0.2, -0.15) is 0 Å². The van der Waals surface area contributed by atoms with Gasteiger partial charge in [0, 0.05) is 36.6 Å². The highest BCUT2D eigenvalue weighted by molar-refractivity contribution is 6.36. The number of aromatic nitrogens is 1. The number of nitrogens with zero attached hydrogens (tertiary/aromatic N) is 2. The maximum absolute atomic E-state index is 12.6. The van der Waals surface area contributed by atoms with Crippen LogP contribution in [0.1, 0.15) is 17.0 Å². The molecule has 31 heavy (non-hydrogen) atoms. The van der Waals surface area contributed by atoms with Crippen LogP contribution >= 0.6 is 23.2 Å². The Labute approximate surface area is 189 Å². The number of halogens is 2. The first-order valence-electron chi connectivity index (χ1n) is 9.49. The van der Waals surface area contributed by atoms with Crippen LogP contribution in [0.2, 0.25) is 10.0 Å². The number of pyridine rings is 1.